The van der Waals surface area contributed by atoms with Gasteiger partial charge in [0.25, 0.3) is 0 Å². The fourth-order valence-electron chi connectivity index (χ4n) is 4.83. The van der Waals surface area contributed by atoms with Crippen LogP contribution in [0.5, 0.6) is 5.88 Å². The number of nitrogens with one attached hydrogen (secondary N) is 1. The number of nitrogens with two attached hydrogens (primary N) is 1. The van der Waals surface area contributed by atoms with Gasteiger partial charge in [-0.05, 0) is 54.8 Å². The van der Waals surface area contributed by atoms with Gasteiger partial charge < -0.3 is 20.2 Å². The first-order valence-electron chi connectivity index (χ1n) is 11.9. The van der Waals surface area contributed by atoms with Crippen LogP contribution in [0.15, 0.2) is 41.4 Å². The lowest BCUT2D eigenvalue weighted by atomic mass is 9.89. The number of benzene rings is 1. The Kier molecular flexibility index (Phi) is 7.42. The molecule has 12 heteroatoms. The minimum absolute atomic E-state index is 0.0869. The zero-order valence-corrected chi connectivity index (χ0v) is 22.8. The first-order chi connectivity index (χ1) is 17.8. The quantitative estimate of drug-likeness (QED) is 0.321. The third kappa shape index (κ3) is 5.06. The van der Waals surface area contributed by atoms with Gasteiger partial charge in [0, 0.05) is 30.1 Å². The fourth-order valence-corrected chi connectivity index (χ4v) is 7.51. The number of rotatable bonds is 4. The molecule has 9 nitrogen and oxygen atoms in total. The smallest absolute Gasteiger partial charge is 0.304 e. The minimum atomic E-state index is -1.52. The van der Waals surface area contributed by atoms with Crippen molar-refractivity contribution < 1.29 is 18.8 Å². The highest BCUT2D eigenvalue weighted by atomic mass is 35.5. The molecule has 4 atom stereocenters. The van der Waals surface area contributed by atoms with Gasteiger partial charge in [-0.25, -0.2) is 19.3 Å². The number of hydrazine groups is 1. The van der Waals surface area contributed by atoms with Gasteiger partial charge in [0.15, 0.2) is 0 Å². The normalized spacial score (nSPS) is 22.7. The predicted molar refractivity (Wildman–Crippen MR) is 146 cm³/mol. The molecule has 1 aromatic carbocycles. The van der Waals surface area contributed by atoms with Crippen LogP contribution in [0.25, 0.3) is 0 Å². The van der Waals surface area contributed by atoms with E-state index in [0.717, 1.165) is 32.9 Å². The Balaban J connectivity index is 1.69. The van der Waals surface area contributed by atoms with Crippen molar-refractivity contribution in [3.8, 4) is 5.88 Å². The molecule has 0 spiro atoms. The van der Waals surface area contributed by atoms with Crippen LogP contribution in [0.1, 0.15) is 40.8 Å². The summed E-state index contributed by atoms with van der Waals surface area (Å²) in [5.74, 6) is 5.37. The van der Waals surface area contributed by atoms with Crippen molar-refractivity contribution in [1.82, 2.24) is 9.29 Å². The molecule has 3 unspecified atom stereocenters. The molecule has 196 valence electrons. The van der Waals surface area contributed by atoms with E-state index in [1.165, 1.54) is 11.3 Å². The third-order valence-corrected chi connectivity index (χ3v) is 9.69. The van der Waals surface area contributed by atoms with Crippen molar-refractivity contribution in [2.45, 2.75) is 43.7 Å². The molecule has 4 N–H and O–H groups in total. The molecule has 0 radical (unpaired) electrons. The number of thiophene rings is 1. The number of aliphatic carboxylic acids is 1. The summed E-state index contributed by atoms with van der Waals surface area (Å²) in [6, 6.07) is 9.31. The summed E-state index contributed by atoms with van der Waals surface area (Å²) >= 11 is 8.06. The summed E-state index contributed by atoms with van der Waals surface area (Å²) in [5.41, 5.74) is 4.20. The molecule has 2 aromatic heterocycles. The van der Waals surface area contributed by atoms with Crippen LogP contribution in [-0.4, -0.2) is 50.3 Å². The SMILES string of the molecule is CCN(N)c1ccc2c(C)c1NC[C@@H]1CN(Cc3cc(sc3Cl)C2CC(=O)O)S(=O)c2cccnc2O1. The van der Waals surface area contributed by atoms with Crippen molar-refractivity contribution >= 4 is 51.3 Å². The van der Waals surface area contributed by atoms with E-state index in [0.29, 0.717) is 41.3 Å². The highest BCUT2D eigenvalue weighted by Crippen LogP contribution is 2.43. The summed E-state index contributed by atoms with van der Waals surface area (Å²) in [4.78, 5) is 17.6. The van der Waals surface area contributed by atoms with Crippen molar-refractivity contribution in [1.29, 1.82) is 0 Å². The van der Waals surface area contributed by atoms with Crippen molar-refractivity contribution in [3.05, 3.63) is 62.4 Å². The third-order valence-electron chi connectivity index (χ3n) is 6.71. The van der Waals surface area contributed by atoms with E-state index in [2.05, 4.69) is 10.3 Å². The number of ether oxygens (including phenoxy) is 1. The van der Waals surface area contributed by atoms with E-state index >= 15 is 0 Å². The molecule has 4 heterocycles. The Morgan fingerprint density at radius 3 is 3.00 bits per heavy atom. The molecule has 0 aliphatic carbocycles. The van der Waals surface area contributed by atoms with E-state index in [1.54, 1.807) is 23.3 Å². The van der Waals surface area contributed by atoms with Gasteiger partial charge in [0.05, 0.1) is 35.2 Å². The number of aromatic nitrogens is 1. The zero-order chi connectivity index (χ0) is 26.3. The minimum Gasteiger partial charge on any atom is -0.481 e. The largest absolute Gasteiger partial charge is 0.481 e. The van der Waals surface area contributed by atoms with Crippen molar-refractivity contribution in [3.63, 3.8) is 0 Å². The first-order valence-corrected chi connectivity index (χ1v) is 14.2. The lowest BCUT2D eigenvalue weighted by molar-refractivity contribution is -0.137. The standard InChI is InChI=1S/C25H28ClN5O4S2/c1-3-31(27)19-7-6-17-14(2)23(19)29-11-16-13-30(37(34)21-5-4-8-28-25(21)35-16)12-15-9-20(36-24(15)26)18(17)10-22(32)33/h4-9,16,18,29H,3,10-13,27H2,1-2H3,(H,32,33)/t16-,18?,37?/m1/s1. The van der Waals surface area contributed by atoms with Gasteiger partial charge in [0.2, 0.25) is 5.88 Å². The molecule has 0 amide bonds. The number of hydrogen-bond donors (Lipinski definition) is 3. The number of hydrogen-bond acceptors (Lipinski definition) is 8. The summed E-state index contributed by atoms with van der Waals surface area (Å²) in [6.07, 6.45) is 1.16. The van der Waals surface area contributed by atoms with Crippen LogP contribution in [0.2, 0.25) is 4.34 Å². The van der Waals surface area contributed by atoms with Gasteiger partial charge >= 0.3 is 5.97 Å². The molecule has 37 heavy (non-hydrogen) atoms. The van der Waals surface area contributed by atoms with E-state index in [9.17, 15) is 14.1 Å². The maximum Gasteiger partial charge on any atom is 0.304 e. The average molecular weight is 562 g/mol. The number of carbonyl (C=O) groups is 1. The summed E-state index contributed by atoms with van der Waals surface area (Å²) < 4.78 is 22.2. The average Bonchev–Trinajstić information content (AvgIpc) is 3.17. The number of nitrogens with zero attached hydrogens (tertiary/aromatic N) is 3. The van der Waals surface area contributed by atoms with Crippen LogP contribution in [0.4, 0.5) is 11.4 Å². The number of anilines is 2. The van der Waals surface area contributed by atoms with E-state index in [1.807, 2.05) is 36.4 Å². The van der Waals surface area contributed by atoms with Crippen LogP contribution in [0, 0.1) is 6.92 Å². The van der Waals surface area contributed by atoms with E-state index in [-0.39, 0.29) is 12.5 Å². The number of halogens is 1. The van der Waals surface area contributed by atoms with Crippen LogP contribution < -0.4 is 20.9 Å². The Morgan fingerprint density at radius 2 is 2.24 bits per heavy atom. The van der Waals surface area contributed by atoms with Crippen LogP contribution in [0.3, 0.4) is 0 Å². The molecule has 2 aliphatic heterocycles. The summed E-state index contributed by atoms with van der Waals surface area (Å²) in [6.45, 7) is 5.60. The van der Waals surface area contributed by atoms with E-state index in [4.69, 9.17) is 22.2 Å². The predicted octanol–water partition coefficient (Wildman–Crippen LogP) is 4.12. The highest BCUT2D eigenvalue weighted by molar-refractivity contribution is 7.82. The molecular formula is C25H28ClN5O4S2. The molecular weight excluding hydrogens is 534 g/mol. The Bertz CT molecular complexity index is 1370. The van der Waals surface area contributed by atoms with Gasteiger partial charge in [-0.1, -0.05) is 17.7 Å². The van der Waals surface area contributed by atoms with Gasteiger partial charge in [-0.15, -0.1) is 11.3 Å². The van der Waals surface area contributed by atoms with Gasteiger partial charge in [0.1, 0.15) is 22.0 Å². The highest BCUT2D eigenvalue weighted by Gasteiger charge is 2.32. The molecule has 0 saturated heterocycles. The second-order valence-corrected chi connectivity index (χ2v) is 12.2. The lowest BCUT2D eigenvalue weighted by Crippen LogP contribution is -2.38. The zero-order valence-electron chi connectivity index (χ0n) is 20.4. The van der Waals surface area contributed by atoms with E-state index < -0.39 is 22.9 Å². The second kappa shape index (κ2) is 10.6. The molecule has 5 rings (SSSR count). The monoisotopic (exact) mass is 561 g/mol. The summed E-state index contributed by atoms with van der Waals surface area (Å²) in [5, 5.41) is 14.9. The van der Waals surface area contributed by atoms with Crippen molar-refractivity contribution in [2.24, 2.45) is 5.84 Å². The molecule has 3 aromatic rings. The second-order valence-electron chi connectivity index (χ2n) is 9.06. The number of carboxylic acids is 1. The molecule has 0 fully saturated rings. The summed E-state index contributed by atoms with van der Waals surface area (Å²) in [7, 11) is -1.52. The Labute approximate surface area is 226 Å². The Hall–Kier alpha value is -2.70. The first kappa shape index (κ1) is 25.9. The number of fused-ring (bicyclic) bond motifs is 7. The Morgan fingerprint density at radius 1 is 1.43 bits per heavy atom. The molecule has 0 saturated carbocycles. The fraction of sp³-hybridized carbons (Fsp3) is 0.360. The molecule has 6 bridgehead atoms. The van der Waals surface area contributed by atoms with Gasteiger partial charge in [-0.2, -0.15) is 0 Å². The topological polar surface area (TPSA) is 121 Å². The lowest BCUT2D eigenvalue weighted by Gasteiger charge is -2.28. The van der Waals surface area contributed by atoms with Crippen LogP contribution >= 0.6 is 22.9 Å². The number of carboxylic acid groups (broad SMARTS) is 1. The maximum atomic E-state index is 13.6. The van der Waals surface area contributed by atoms with Gasteiger partial charge in [-0.3, -0.25) is 4.79 Å². The number of pyridine rings is 1. The van der Waals surface area contributed by atoms with Crippen LogP contribution in [-0.2, 0) is 22.3 Å². The maximum absolute atomic E-state index is 13.6. The molecule has 2 aliphatic rings. The van der Waals surface area contributed by atoms with Crippen molar-refractivity contribution in [2.75, 3.05) is 30.0 Å².